The molecule has 2 heterocycles. The van der Waals surface area contributed by atoms with E-state index >= 15 is 0 Å². The van der Waals surface area contributed by atoms with Gasteiger partial charge in [0.2, 0.25) is 4.96 Å². The summed E-state index contributed by atoms with van der Waals surface area (Å²) in [6, 6.07) is 14.1. The van der Waals surface area contributed by atoms with E-state index in [1.807, 2.05) is 24.3 Å². The highest BCUT2D eigenvalue weighted by molar-refractivity contribution is 7.16. The number of nitrogens with zero attached hydrogens (tertiary/aromatic N) is 4. The van der Waals surface area contributed by atoms with Crippen LogP contribution in [0.15, 0.2) is 48.5 Å². The van der Waals surface area contributed by atoms with Crippen LogP contribution in [0.3, 0.4) is 0 Å². The Kier molecular flexibility index (Phi) is 4.00. The standard InChI is InChI=1S/C17H12ClFN4S/c18-14-4-2-1-3-12(14)10-16-22-23-15(20-21-17(23)24-16)9-11-5-7-13(19)8-6-11/h1-8H,9-10H2. The van der Waals surface area contributed by atoms with Gasteiger partial charge in [0, 0.05) is 17.9 Å². The molecule has 0 aliphatic rings. The van der Waals surface area contributed by atoms with E-state index in [1.54, 1.807) is 16.6 Å². The van der Waals surface area contributed by atoms with E-state index in [4.69, 9.17) is 11.6 Å². The molecular weight excluding hydrogens is 347 g/mol. The van der Waals surface area contributed by atoms with Crippen LogP contribution < -0.4 is 0 Å². The third-order valence-corrected chi connectivity index (χ3v) is 4.94. The number of aromatic nitrogens is 4. The van der Waals surface area contributed by atoms with Gasteiger partial charge in [0.1, 0.15) is 10.8 Å². The van der Waals surface area contributed by atoms with Gasteiger partial charge in [-0.15, -0.1) is 10.2 Å². The molecule has 4 aromatic rings. The SMILES string of the molecule is Fc1ccc(Cc2nnc3sc(Cc4ccccc4Cl)nn23)cc1. The van der Waals surface area contributed by atoms with Crippen molar-refractivity contribution in [3.63, 3.8) is 0 Å². The van der Waals surface area contributed by atoms with Gasteiger partial charge in [-0.25, -0.2) is 4.39 Å². The van der Waals surface area contributed by atoms with Crippen molar-refractivity contribution in [1.82, 2.24) is 19.8 Å². The van der Waals surface area contributed by atoms with Crippen LogP contribution in [-0.2, 0) is 12.8 Å². The second-order valence-electron chi connectivity index (χ2n) is 5.38. The van der Waals surface area contributed by atoms with Gasteiger partial charge < -0.3 is 0 Å². The highest BCUT2D eigenvalue weighted by Crippen LogP contribution is 2.22. The van der Waals surface area contributed by atoms with Crippen LogP contribution in [0.5, 0.6) is 0 Å². The number of hydrogen-bond donors (Lipinski definition) is 0. The lowest BCUT2D eigenvalue weighted by atomic mass is 10.1. The van der Waals surface area contributed by atoms with E-state index in [-0.39, 0.29) is 5.82 Å². The van der Waals surface area contributed by atoms with E-state index in [9.17, 15) is 4.39 Å². The van der Waals surface area contributed by atoms with Gasteiger partial charge in [-0.05, 0) is 29.3 Å². The lowest BCUT2D eigenvalue weighted by molar-refractivity contribution is 0.627. The summed E-state index contributed by atoms with van der Waals surface area (Å²) in [6.45, 7) is 0. The summed E-state index contributed by atoms with van der Waals surface area (Å²) in [7, 11) is 0. The summed E-state index contributed by atoms with van der Waals surface area (Å²) in [4.78, 5) is 0.745. The molecule has 0 fully saturated rings. The lowest BCUT2D eigenvalue weighted by Crippen LogP contribution is -1.99. The summed E-state index contributed by atoms with van der Waals surface area (Å²) in [5.41, 5.74) is 2.00. The molecule has 120 valence electrons. The van der Waals surface area contributed by atoms with Crippen molar-refractivity contribution >= 4 is 27.9 Å². The first-order chi connectivity index (χ1) is 11.7. The highest BCUT2D eigenvalue weighted by Gasteiger charge is 2.13. The molecule has 2 aromatic carbocycles. The maximum atomic E-state index is 13.0. The zero-order valence-corrected chi connectivity index (χ0v) is 14.1. The third-order valence-electron chi connectivity index (χ3n) is 3.67. The summed E-state index contributed by atoms with van der Waals surface area (Å²) >= 11 is 7.70. The van der Waals surface area contributed by atoms with E-state index in [0.29, 0.717) is 12.8 Å². The van der Waals surface area contributed by atoms with E-state index < -0.39 is 0 Å². The molecular formula is C17H12ClFN4S. The first kappa shape index (κ1) is 15.2. The summed E-state index contributed by atoms with van der Waals surface area (Å²) < 4.78 is 14.8. The molecule has 0 amide bonds. The average Bonchev–Trinajstić information content (AvgIpc) is 3.13. The molecule has 4 rings (SSSR count). The summed E-state index contributed by atoms with van der Waals surface area (Å²) in [6.07, 6.45) is 1.21. The number of fused-ring (bicyclic) bond motifs is 1. The molecule has 7 heteroatoms. The fourth-order valence-corrected chi connectivity index (χ4v) is 3.55. The van der Waals surface area contributed by atoms with Gasteiger partial charge in [-0.3, -0.25) is 0 Å². The first-order valence-electron chi connectivity index (χ1n) is 7.37. The van der Waals surface area contributed by atoms with Gasteiger partial charge in [0.05, 0.1) is 0 Å². The third kappa shape index (κ3) is 3.02. The minimum absolute atomic E-state index is 0.249. The molecule has 2 aromatic heterocycles. The van der Waals surface area contributed by atoms with Gasteiger partial charge >= 0.3 is 0 Å². The molecule has 4 nitrogen and oxygen atoms in total. The fourth-order valence-electron chi connectivity index (χ4n) is 2.47. The van der Waals surface area contributed by atoms with Gasteiger partial charge in [-0.1, -0.05) is 53.3 Å². The van der Waals surface area contributed by atoms with Crippen LogP contribution in [0.2, 0.25) is 5.02 Å². The van der Waals surface area contributed by atoms with Crippen molar-refractivity contribution in [2.24, 2.45) is 0 Å². The molecule has 0 atom stereocenters. The van der Waals surface area contributed by atoms with Crippen LogP contribution in [-0.4, -0.2) is 19.8 Å². The van der Waals surface area contributed by atoms with Crippen molar-refractivity contribution in [3.8, 4) is 0 Å². The second kappa shape index (κ2) is 6.30. The molecule has 0 aliphatic carbocycles. The predicted molar refractivity (Wildman–Crippen MR) is 92.1 cm³/mol. The molecule has 0 bridgehead atoms. The van der Waals surface area contributed by atoms with Crippen LogP contribution in [0.1, 0.15) is 22.0 Å². The van der Waals surface area contributed by atoms with Crippen molar-refractivity contribution in [3.05, 3.63) is 81.3 Å². The van der Waals surface area contributed by atoms with E-state index in [1.165, 1.54) is 23.5 Å². The zero-order chi connectivity index (χ0) is 16.5. The zero-order valence-electron chi connectivity index (χ0n) is 12.5. The van der Waals surface area contributed by atoms with Crippen molar-refractivity contribution in [2.45, 2.75) is 12.8 Å². The van der Waals surface area contributed by atoms with Crippen LogP contribution in [0.25, 0.3) is 4.96 Å². The number of hydrogen-bond acceptors (Lipinski definition) is 4. The monoisotopic (exact) mass is 358 g/mol. The number of halogens is 2. The molecule has 0 aliphatic heterocycles. The van der Waals surface area contributed by atoms with E-state index in [0.717, 1.165) is 31.9 Å². The Balaban J connectivity index is 1.61. The smallest absolute Gasteiger partial charge is 0.207 e. The molecule has 0 spiro atoms. The van der Waals surface area contributed by atoms with Crippen LogP contribution >= 0.6 is 22.9 Å². The van der Waals surface area contributed by atoms with Gasteiger partial charge in [-0.2, -0.15) is 9.61 Å². The minimum Gasteiger partial charge on any atom is -0.207 e. The van der Waals surface area contributed by atoms with E-state index in [2.05, 4.69) is 15.3 Å². The Morgan fingerprint density at radius 3 is 2.58 bits per heavy atom. The normalized spacial score (nSPS) is 11.2. The Morgan fingerprint density at radius 2 is 1.79 bits per heavy atom. The van der Waals surface area contributed by atoms with Crippen LogP contribution in [0, 0.1) is 5.82 Å². The molecule has 0 N–H and O–H groups in total. The quantitative estimate of drug-likeness (QED) is 0.550. The minimum atomic E-state index is -0.249. The highest BCUT2D eigenvalue weighted by atomic mass is 35.5. The maximum Gasteiger partial charge on any atom is 0.234 e. The van der Waals surface area contributed by atoms with Crippen LogP contribution in [0.4, 0.5) is 4.39 Å². The lowest BCUT2D eigenvalue weighted by Gasteiger charge is -2.00. The predicted octanol–water partition coefficient (Wildman–Crippen LogP) is 4.16. The summed E-state index contributed by atoms with van der Waals surface area (Å²) in [5, 5.41) is 14.6. The summed E-state index contributed by atoms with van der Waals surface area (Å²) in [5.74, 6) is 0.485. The number of benzene rings is 2. The second-order valence-corrected chi connectivity index (χ2v) is 6.83. The molecule has 24 heavy (non-hydrogen) atoms. The Hall–Kier alpha value is -2.31. The average molecular weight is 359 g/mol. The van der Waals surface area contributed by atoms with Crippen molar-refractivity contribution < 1.29 is 4.39 Å². The largest absolute Gasteiger partial charge is 0.234 e. The number of rotatable bonds is 4. The Morgan fingerprint density at radius 1 is 1.00 bits per heavy atom. The molecule has 0 saturated heterocycles. The molecule has 0 radical (unpaired) electrons. The van der Waals surface area contributed by atoms with Crippen molar-refractivity contribution in [2.75, 3.05) is 0 Å². The fraction of sp³-hybridized carbons (Fsp3) is 0.118. The molecule has 0 unspecified atom stereocenters. The molecule has 0 saturated carbocycles. The topological polar surface area (TPSA) is 43.1 Å². The maximum absolute atomic E-state index is 13.0. The first-order valence-corrected chi connectivity index (χ1v) is 8.56. The van der Waals surface area contributed by atoms with Gasteiger partial charge in [0.15, 0.2) is 5.82 Å². The Labute approximate surface area is 146 Å². The Bertz CT molecular complexity index is 993. The van der Waals surface area contributed by atoms with Crippen molar-refractivity contribution in [1.29, 1.82) is 0 Å². The van der Waals surface area contributed by atoms with Gasteiger partial charge in [0.25, 0.3) is 0 Å².